The maximum atomic E-state index is 12.7. The lowest BCUT2D eigenvalue weighted by molar-refractivity contribution is 0.392. The van der Waals surface area contributed by atoms with Crippen LogP contribution in [0, 0.1) is 19.3 Å². The van der Waals surface area contributed by atoms with Gasteiger partial charge in [0.1, 0.15) is 11.5 Å². The van der Waals surface area contributed by atoms with E-state index in [0.29, 0.717) is 26.9 Å². The predicted molar refractivity (Wildman–Crippen MR) is 83.3 cm³/mol. The summed E-state index contributed by atoms with van der Waals surface area (Å²) in [6.45, 7) is 1.98. The summed E-state index contributed by atoms with van der Waals surface area (Å²) in [5.41, 5.74) is 1.68. The molecule has 0 aliphatic carbocycles. The van der Waals surface area contributed by atoms with Gasteiger partial charge in [0.05, 0.1) is 35.5 Å². The average molecular weight is 300 g/mol. The van der Waals surface area contributed by atoms with E-state index in [4.69, 9.17) is 15.9 Å². The summed E-state index contributed by atoms with van der Waals surface area (Å²) in [6.07, 6.45) is 5.44. The number of aryl methyl sites for hydroxylation is 1. The second-order valence-electron chi connectivity index (χ2n) is 4.43. The van der Waals surface area contributed by atoms with Gasteiger partial charge in [0.2, 0.25) is 0 Å². The van der Waals surface area contributed by atoms with Crippen molar-refractivity contribution in [3.8, 4) is 23.8 Å². The lowest BCUT2D eigenvalue weighted by atomic mass is 10.2. The zero-order valence-electron chi connectivity index (χ0n) is 12.2. The molecule has 3 nitrogen and oxygen atoms in total. The SMILES string of the molecule is C#Cc1cc(OC)c([S@@](=O)c2ccc(C)cc2)cc1OC. The highest BCUT2D eigenvalue weighted by molar-refractivity contribution is 7.85. The van der Waals surface area contributed by atoms with Gasteiger partial charge in [-0.15, -0.1) is 6.42 Å². The van der Waals surface area contributed by atoms with E-state index >= 15 is 0 Å². The Labute approximate surface area is 127 Å². The number of benzene rings is 2. The minimum absolute atomic E-state index is 0.489. The molecule has 0 bridgehead atoms. The molecule has 4 heteroatoms. The molecule has 0 aromatic heterocycles. The number of terminal acetylenes is 1. The fraction of sp³-hybridized carbons (Fsp3) is 0.176. The van der Waals surface area contributed by atoms with Gasteiger partial charge < -0.3 is 9.47 Å². The van der Waals surface area contributed by atoms with Crippen LogP contribution < -0.4 is 9.47 Å². The van der Waals surface area contributed by atoms with Gasteiger partial charge in [-0.3, -0.25) is 0 Å². The van der Waals surface area contributed by atoms with E-state index in [1.165, 1.54) is 14.2 Å². The van der Waals surface area contributed by atoms with Gasteiger partial charge in [-0.2, -0.15) is 0 Å². The molecule has 2 rings (SSSR count). The Balaban J connectivity index is 2.54. The standard InChI is InChI=1S/C17H16O3S/c1-5-13-10-16(20-4)17(11-15(13)19-3)21(18)14-8-6-12(2)7-9-14/h1,6-11H,2-4H3/t21-/m0/s1. The van der Waals surface area contributed by atoms with Crippen molar-refractivity contribution in [2.75, 3.05) is 14.2 Å². The molecule has 0 heterocycles. The molecule has 0 aliphatic heterocycles. The van der Waals surface area contributed by atoms with Crippen molar-refractivity contribution in [1.29, 1.82) is 0 Å². The van der Waals surface area contributed by atoms with E-state index in [1.807, 2.05) is 31.2 Å². The highest BCUT2D eigenvalue weighted by Crippen LogP contribution is 2.33. The van der Waals surface area contributed by atoms with Crippen LogP contribution in [0.25, 0.3) is 0 Å². The summed E-state index contributed by atoms with van der Waals surface area (Å²) < 4.78 is 23.3. The van der Waals surface area contributed by atoms with Crippen LogP contribution in [0.1, 0.15) is 11.1 Å². The van der Waals surface area contributed by atoms with Crippen molar-refractivity contribution < 1.29 is 13.7 Å². The molecular weight excluding hydrogens is 284 g/mol. The number of hydrogen-bond acceptors (Lipinski definition) is 3. The Bertz CT molecular complexity index is 712. The molecule has 0 unspecified atom stereocenters. The molecular formula is C17H16O3S. The van der Waals surface area contributed by atoms with Crippen LogP contribution in [-0.4, -0.2) is 18.4 Å². The fourth-order valence-electron chi connectivity index (χ4n) is 1.92. The van der Waals surface area contributed by atoms with E-state index in [1.54, 1.807) is 12.1 Å². The Hall–Kier alpha value is -2.25. The first-order valence-corrected chi connectivity index (χ1v) is 7.46. The molecule has 0 fully saturated rings. The van der Waals surface area contributed by atoms with Crippen LogP contribution in [-0.2, 0) is 10.8 Å². The second-order valence-corrected chi connectivity index (χ2v) is 5.88. The topological polar surface area (TPSA) is 35.5 Å². The summed E-state index contributed by atoms with van der Waals surface area (Å²) in [5.74, 6) is 3.53. The maximum Gasteiger partial charge on any atom is 0.136 e. The summed E-state index contributed by atoms with van der Waals surface area (Å²) in [6, 6.07) is 10.9. The van der Waals surface area contributed by atoms with Gasteiger partial charge in [-0.05, 0) is 19.1 Å². The fourth-order valence-corrected chi connectivity index (χ4v) is 3.09. The van der Waals surface area contributed by atoms with Crippen LogP contribution in [0.4, 0.5) is 0 Å². The summed E-state index contributed by atoms with van der Waals surface area (Å²) in [7, 11) is 1.69. The maximum absolute atomic E-state index is 12.7. The largest absolute Gasteiger partial charge is 0.495 e. The van der Waals surface area contributed by atoms with Crippen molar-refractivity contribution in [2.24, 2.45) is 0 Å². The molecule has 0 N–H and O–H groups in total. The van der Waals surface area contributed by atoms with Crippen LogP contribution in [0.15, 0.2) is 46.2 Å². The minimum atomic E-state index is -1.36. The van der Waals surface area contributed by atoms with E-state index in [9.17, 15) is 4.21 Å². The molecule has 0 aliphatic rings. The van der Waals surface area contributed by atoms with Crippen LogP contribution in [0.5, 0.6) is 11.5 Å². The Morgan fingerprint density at radius 1 is 1.05 bits per heavy atom. The van der Waals surface area contributed by atoms with Gasteiger partial charge in [-0.25, -0.2) is 4.21 Å². The summed E-state index contributed by atoms with van der Waals surface area (Å²) in [4.78, 5) is 1.24. The normalized spacial score (nSPS) is 11.5. The number of rotatable bonds is 4. The summed E-state index contributed by atoms with van der Waals surface area (Å²) >= 11 is 0. The zero-order valence-corrected chi connectivity index (χ0v) is 13.0. The van der Waals surface area contributed by atoms with E-state index < -0.39 is 10.8 Å². The summed E-state index contributed by atoms with van der Waals surface area (Å²) in [5, 5.41) is 0. The monoisotopic (exact) mass is 300 g/mol. The van der Waals surface area contributed by atoms with Crippen LogP contribution in [0.3, 0.4) is 0 Å². The highest BCUT2D eigenvalue weighted by Gasteiger charge is 2.16. The first-order chi connectivity index (χ1) is 10.1. The minimum Gasteiger partial charge on any atom is -0.495 e. The predicted octanol–water partition coefficient (Wildman–Crippen LogP) is 3.16. The van der Waals surface area contributed by atoms with Crippen molar-refractivity contribution >= 4 is 10.8 Å². The molecule has 2 aromatic carbocycles. The first-order valence-electron chi connectivity index (χ1n) is 6.31. The van der Waals surface area contributed by atoms with Crippen molar-refractivity contribution in [2.45, 2.75) is 16.7 Å². The van der Waals surface area contributed by atoms with Gasteiger partial charge in [0.25, 0.3) is 0 Å². The van der Waals surface area contributed by atoms with Crippen molar-refractivity contribution in [3.05, 3.63) is 47.5 Å². The molecule has 108 valence electrons. The van der Waals surface area contributed by atoms with E-state index in [-0.39, 0.29) is 0 Å². The van der Waals surface area contributed by atoms with Gasteiger partial charge in [0, 0.05) is 17.0 Å². The quantitative estimate of drug-likeness (QED) is 0.814. The molecule has 2 aromatic rings. The Kier molecular flexibility index (Phi) is 4.66. The third kappa shape index (κ3) is 3.09. The van der Waals surface area contributed by atoms with E-state index in [2.05, 4.69) is 5.92 Å². The number of methoxy groups -OCH3 is 2. The molecule has 0 saturated carbocycles. The lowest BCUT2D eigenvalue weighted by Crippen LogP contribution is -2.00. The zero-order chi connectivity index (χ0) is 15.4. The molecule has 0 radical (unpaired) electrons. The first kappa shape index (κ1) is 15.1. The number of ether oxygens (including phenoxy) is 2. The molecule has 1 atom stereocenters. The average Bonchev–Trinajstić information content (AvgIpc) is 2.53. The van der Waals surface area contributed by atoms with Gasteiger partial charge >= 0.3 is 0 Å². The van der Waals surface area contributed by atoms with Crippen molar-refractivity contribution in [3.63, 3.8) is 0 Å². The smallest absolute Gasteiger partial charge is 0.136 e. The third-order valence-corrected chi connectivity index (χ3v) is 4.49. The Morgan fingerprint density at radius 3 is 2.19 bits per heavy atom. The molecule has 21 heavy (non-hydrogen) atoms. The molecule has 0 spiro atoms. The molecule has 0 amide bonds. The molecule has 0 saturated heterocycles. The van der Waals surface area contributed by atoms with Crippen LogP contribution >= 0.6 is 0 Å². The number of hydrogen-bond donors (Lipinski definition) is 0. The highest BCUT2D eigenvalue weighted by atomic mass is 32.2. The second kappa shape index (κ2) is 6.47. The lowest BCUT2D eigenvalue weighted by Gasteiger charge is -2.12. The van der Waals surface area contributed by atoms with Crippen molar-refractivity contribution in [1.82, 2.24) is 0 Å². The van der Waals surface area contributed by atoms with Gasteiger partial charge in [-0.1, -0.05) is 23.6 Å². The van der Waals surface area contributed by atoms with Crippen LogP contribution in [0.2, 0.25) is 0 Å². The Morgan fingerprint density at radius 2 is 1.67 bits per heavy atom. The third-order valence-electron chi connectivity index (χ3n) is 3.08. The van der Waals surface area contributed by atoms with E-state index in [0.717, 1.165) is 5.56 Å². The van der Waals surface area contributed by atoms with Gasteiger partial charge in [0.15, 0.2) is 0 Å².